The van der Waals surface area contributed by atoms with E-state index in [0.717, 1.165) is 38.5 Å². The molecule has 144 valence electrons. The van der Waals surface area contributed by atoms with Crippen LogP contribution < -0.4 is 10.6 Å². The zero-order chi connectivity index (χ0) is 18.4. The minimum atomic E-state index is -3.05. The van der Waals surface area contributed by atoms with Crippen molar-refractivity contribution < 1.29 is 13.2 Å². The lowest BCUT2D eigenvalue weighted by Gasteiger charge is -2.31. The Kier molecular flexibility index (Phi) is 6.53. The zero-order valence-corrected chi connectivity index (χ0v) is 16.0. The van der Waals surface area contributed by atoms with E-state index in [4.69, 9.17) is 0 Å². The Morgan fingerprint density at radius 1 is 1.04 bits per heavy atom. The first kappa shape index (κ1) is 19.2. The third kappa shape index (κ3) is 5.45. The zero-order valence-electron chi connectivity index (χ0n) is 15.2. The summed E-state index contributed by atoms with van der Waals surface area (Å²) in [7, 11) is -3.05. The molecule has 1 saturated heterocycles. The van der Waals surface area contributed by atoms with Crippen molar-refractivity contribution in [3.63, 3.8) is 0 Å². The minimum absolute atomic E-state index is 0.126. The number of rotatable bonds is 8. The van der Waals surface area contributed by atoms with Crippen LogP contribution in [0.25, 0.3) is 0 Å². The summed E-state index contributed by atoms with van der Waals surface area (Å²) in [6, 6.07) is 10.1. The molecule has 6 nitrogen and oxygen atoms in total. The van der Waals surface area contributed by atoms with Crippen LogP contribution in [0.2, 0.25) is 0 Å². The molecule has 0 bridgehead atoms. The third-order valence-electron chi connectivity index (χ3n) is 5.20. The number of piperidine rings is 1. The van der Waals surface area contributed by atoms with Crippen LogP contribution in [0.5, 0.6) is 0 Å². The molecule has 2 amide bonds. The molecule has 3 rings (SSSR count). The van der Waals surface area contributed by atoms with Gasteiger partial charge in [-0.05, 0) is 50.0 Å². The van der Waals surface area contributed by atoms with Crippen LogP contribution >= 0.6 is 0 Å². The Hall–Kier alpha value is -1.60. The summed E-state index contributed by atoms with van der Waals surface area (Å²) in [5.41, 5.74) is 1.28. The molecule has 0 unspecified atom stereocenters. The van der Waals surface area contributed by atoms with E-state index in [2.05, 4.69) is 22.8 Å². The average molecular weight is 380 g/mol. The molecule has 1 aromatic carbocycles. The number of aryl methyl sites for hydroxylation is 1. The monoisotopic (exact) mass is 379 g/mol. The number of sulfonamides is 1. The van der Waals surface area contributed by atoms with Crippen LogP contribution in [0.15, 0.2) is 30.3 Å². The number of amides is 2. The van der Waals surface area contributed by atoms with Gasteiger partial charge in [-0.25, -0.2) is 17.5 Å². The molecule has 1 heterocycles. The number of carbonyl (C=O) groups excluding carboxylic acids is 1. The molecular formula is C19H29N3O3S. The minimum Gasteiger partial charge on any atom is -0.338 e. The van der Waals surface area contributed by atoms with Crippen molar-refractivity contribution in [1.82, 2.24) is 14.9 Å². The maximum atomic E-state index is 12.2. The van der Waals surface area contributed by atoms with Gasteiger partial charge in [0.2, 0.25) is 10.0 Å². The largest absolute Gasteiger partial charge is 0.338 e. The van der Waals surface area contributed by atoms with Gasteiger partial charge in [-0.3, -0.25) is 0 Å². The molecule has 0 aromatic heterocycles. The van der Waals surface area contributed by atoms with E-state index in [1.165, 1.54) is 5.56 Å². The molecule has 26 heavy (non-hydrogen) atoms. The normalized spacial score (nSPS) is 19.2. The summed E-state index contributed by atoms with van der Waals surface area (Å²) >= 11 is 0. The second-order valence-corrected chi connectivity index (χ2v) is 9.53. The molecule has 1 aliphatic carbocycles. The molecule has 0 atom stereocenters. The van der Waals surface area contributed by atoms with Gasteiger partial charge in [0.05, 0.1) is 5.25 Å². The first-order valence-electron chi connectivity index (χ1n) is 9.60. The molecule has 2 N–H and O–H groups in total. The molecule has 1 aromatic rings. The van der Waals surface area contributed by atoms with Crippen LogP contribution in [-0.2, 0) is 16.4 Å². The van der Waals surface area contributed by atoms with Gasteiger partial charge in [0.15, 0.2) is 0 Å². The number of hydrogen-bond acceptors (Lipinski definition) is 3. The molecule has 0 spiro atoms. The van der Waals surface area contributed by atoms with Crippen LogP contribution in [0.1, 0.15) is 37.7 Å². The van der Waals surface area contributed by atoms with Crippen molar-refractivity contribution in [2.24, 2.45) is 5.92 Å². The number of hydrogen-bond donors (Lipinski definition) is 2. The average Bonchev–Trinajstić information content (AvgIpc) is 3.51. The van der Waals surface area contributed by atoms with E-state index in [1.807, 2.05) is 18.2 Å². The Balaban J connectivity index is 1.27. The summed E-state index contributed by atoms with van der Waals surface area (Å²) < 4.78 is 26.1. The van der Waals surface area contributed by atoms with Crippen LogP contribution in [0.3, 0.4) is 0 Å². The number of carbonyl (C=O) groups is 1. The molecule has 7 heteroatoms. The highest BCUT2D eigenvalue weighted by Gasteiger charge is 2.41. The van der Waals surface area contributed by atoms with Gasteiger partial charge >= 0.3 is 6.03 Å². The van der Waals surface area contributed by atoms with Gasteiger partial charge in [-0.1, -0.05) is 30.3 Å². The highest BCUT2D eigenvalue weighted by molar-refractivity contribution is 7.90. The highest BCUT2D eigenvalue weighted by Crippen LogP contribution is 2.32. The van der Waals surface area contributed by atoms with Gasteiger partial charge in [-0.15, -0.1) is 0 Å². The van der Waals surface area contributed by atoms with E-state index in [1.54, 1.807) is 4.31 Å². The maximum Gasteiger partial charge on any atom is 0.314 e. The van der Waals surface area contributed by atoms with Crippen molar-refractivity contribution in [3.8, 4) is 0 Å². The van der Waals surface area contributed by atoms with Crippen molar-refractivity contribution in [2.75, 3.05) is 26.2 Å². The maximum absolute atomic E-state index is 12.2. The summed E-state index contributed by atoms with van der Waals surface area (Å²) in [4.78, 5) is 11.9. The fourth-order valence-corrected chi connectivity index (χ4v) is 5.26. The molecule has 1 saturated carbocycles. The van der Waals surface area contributed by atoms with E-state index < -0.39 is 10.0 Å². The van der Waals surface area contributed by atoms with Crippen molar-refractivity contribution >= 4 is 16.1 Å². The topological polar surface area (TPSA) is 78.5 Å². The van der Waals surface area contributed by atoms with Gasteiger partial charge < -0.3 is 10.6 Å². The van der Waals surface area contributed by atoms with Gasteiger partial charge in [0, 0.05) is 26.2 Å². The number of urea groups is 1. The lowest BCUT2D eigenvalue weighted by atomic mass is 9.98. The quantitative estimate of drug-likeness (QED) is 0.679. The predicted octanol–water partition coefficient (Wildman–Crippen LogP) is 2.12. The first-order chi connectivity index (χ1) is 12.6. The summed E-state index contributed by atoms with van der Waals surface area (Å²) in [5, 5.41) is 5.69. The Bertz CT molecular complexity index is 681. The Labute approximate surface area is 156 Å². The molecular weight excluding hydrogens is 350 g/mol. The van der Waals surface area contributed by atoms with Crippen LogP contribution in [-0.4, -0.2) is 50.2 Å². The summed E-state index contributed by atoms with van der Waals surface area (Å²) in [6.07, 6.45) is 5.13. The van der Waals surface area contributed by atoms with E-state index >= 15 is 0 Å². The third-order valence-corrected chi connectivity index (χ3v) is 7.60. The van der Waals surface area contributed by atoms with Crippen LogP contribution in [0, 0.1) is 5.92 Å². The van der Waals surface area contributed by atoms with Crippen LogP contribution in [0.4, 0.5) is 4.79 Å². The second kappa shape index (κ2) is 8.86. The van der Waals surface area contributed by atoms with Gasteiger partial charge in [0.25, 0.3) is 0 Å². The fraction of sp³-hybridized carbons (Fsp3) is 0.632. The number of nitrogens with zero attached hydrogens (tertiary/aromatic N) is 1. The molecule has 2 aliphatic rings. The van der Waals surface area contributed by atoms with Crippen molar-refractivity contribution in [1.29, 1.82) is 0 Å². The molecule has 1 aliphatic heterocycles. The predicted molar refractivity (Wildman–Crippen MR) is 102 cm³/mol. The van der Waals surface area contributed by atoms with Crippen molar-refractivity contribution in [3.05, 3.63) is 35.9 Å². The first-order valence-corrected chi connectivity index (χ1v) is 11.1. The SMILES string of the molecule is O=C(NCCCc1ccccc1)NCC1CCN(S(=O)(=O)C2CC2)CC1. The molecule has 0 radical (unpaired) electrons. The molecule has 2 fully saturated rings. The van der Waals surface area contributed by atoms with Gasteiger partial charge in [-0.2, -0.15) is 0 Å². The van der Waals surface area contributed by atoms with E-state index in [0.29, 0.717) is 32.1 Å². The second-order valence-electron chi connectivity index (χ2n) is 7.31. The highest BCUT2D eigenvalue weighted by atomic mass is 32.2. The smallest absolute Gasteiger partial charge is 0.314 e. The number of nitrogens with one attached hydrogen (secondary N) is 2. The van der Waals surface area contributed by atoms with E-state index in [-0.39, 0.29) is 11.3 Å². The fourth-order valence-electron chi connectivity index (χ4n) is 3.38. The van der Waals surface area contributed by atoms with Crippen molar-refractivity contribution in [2.45, 2.75) is 43.8 Å². The van der Waals surface area contributed by atoms with Gasteiger partial charge in [0.1, 0.15) is 0 Å². The van der Waals surface area contributed by atoms with E-state index in [9.17, 15) is 13.2 Å². The summed E-state index contributed by atoms with van der Waals surface area (Å²) in [6.45, 7) is 2.44. The standard InChI is InChI=1S/C19H29N3O3S/c23-19(20-12-4-7-16-5-2-1-3-6-16)21-15-17-10-13-22(14-11-17)26(24,25)18-8-9-18/h1-3,5-6,17-18H,4,7-15H2,(H2,20,21,23). The lowest BCUT2D eigenvalue weighted by Crippen LogP contribution is -2.44. The Morgan fingerprint density at radius 2 is 1.73 bits per heavy atom. The number of benzene rings is 1. The Morgan fingerprint density at radius 3 is 2.38 bits per heavy atom. The lowest BCUT2D eigenvalue weighted by molar-refractivity contribution is 0.231. The summed E-state index contributed by atoms with van der Waals surface area (Å²) in [5.74, 6) is 0.357.